The molecule has 0 radical (unpaired) electrons. The van der Waals surface area contributed by atoms with Crippen LogP contribution in [0.4, 0.5) is 0 Å². The fourth-order valence-corrected chi connectivity index (χ4v) is 3.36. The first-order valence-corrected chi connectivity index (χ1v) is 8.70. The van der Waals surface area contributed by atoms with Gasteiger partial charge in [-0.15, -0.1) is 10.2 Å². The van der Waals surface area contributed by atoms with Gasteiger partial charge < -0.3 is 9.47 Å². The molecule has 25 heavy (non-hydrogen) atoms. The van der Waals surface area contributed by atoms with Crippen LogP contribution in [0, 0.1) is 0 Å². The molecule has 126 valence electrons. The summed E-state index contributed by atoms with van der Waals surface area (Å²) in [5.74, 6) is 2.38. The van der Waals surface area contributed by atoms with Crippen LogP contribution in [0.25, 0.3) is 26.9 Å². The van der Waals surface area contributed by atoms with Crippen LogP contribution in [-0.4, -0.2) is 33.5 Å². The average Bonchev–Trinajstić information content (AvgIpc) is 3.24. The Kier molecular flexibility index (Phi) is 4.07. The predicted molar refractivity (Wildman–Crippen MR) is 97.3 cm³/mol. The number of ether oxygens (including phenoxy) is 2. The lowest BCUT2D eigenvalue weighted by Crippen LogP contribution is -1.93. The Bertz CT molecular complexity index is 990. The van der Waals surface area contributed by atoms with E-state index in [1.54, 1.807) is 11.6 Å². The van der Waals surface area contributed by atoms with Crippen molar-refractivity contribution in [1.82, 2.24) is 19.8 Å². The first kappa shape index (κ1) is 15.6. The molecule has 0 aliphatic rings. The third-order valence-electron chi connectivity index (χ3n) is 3.75. The molecule has 7 heteroatoms. The number of fused-ring (bicyclic) bond motifs is 1. The van der Waals surface area contributed by atoms with Crippen LogP contribution < -0.4 is 9.47 Å². The van der Waals surface area contributed by atoms with E-state index in [4.69, 9.17) is 9.47 Å². The SMILES string of the molecule is CCOc1ccc(-c2nnc3sc(-c4ccc(OC)cc4)nn23)cc1. The maximum atomic E-state index is 5.48. The van der Waals surface area contributed by atoms with Crippen LogP contribution in [-0.2, 0) is 0 Å². The van der Waals surface area contributed by atoms with E-state index >= 15 is 0 Å². The topological polar surface area (TPSA) is 61.5 Å². The van der Waals surface area contributed by atoms with Crippen molar-refractivity contribution in [3.05, 3.63) is 48.5 Å². The molecule has 0 aliphatic carbocycles. The zero-order chi connectivity index (χ0) is 17.2. The van der Waals surface area contributed by atoms with Crippen LogP contribution in [0.5, 0.6) is 11.5 Å². The fraction of sp³-hybridized carbons (Fsp3) is 0.167. The highest BCUT2D eigenvalue weighted by molar-refractivity contribution is 7.19. The Balaban J connectivity index is 1.70. The molecule has 0 saturated carbocycles. The van der Waals surface area contributed by atoms with Crippen molar-refractivity contribution in [2.24, 2.45) is 0 Å². The second kappa shape index (κ2) is 6.52. The number of hydrogen-bond donors (Lipinski definition) is 0. The summed E-state index contributed by atoms with van der Waals surface area (Å²) in [6.07, 6.45) is 0. The maximum Gasteiger partial charge on any atom is 0.235 e. The van der Waals surface area contributed by atoms with E-state index in [1.165, 1.54) is 11.3 Å². The molecule has 0 fully saturated rings. The third-order valence-corrected chi connectivity index (χ3v) is 4.70. The highest BCUT2D eigenvalue weighted by atomic mass is 32.1. The maximum absolute atomic E-state index is 5.48. The molecule has 0 bridgehead atoms. The number of rotatable bonds is 5. The second-order valence-electron chi connectivity index (χ2n) is 5.31. The van der Waals surface area contributed by atoms with Crippen molar-refractivity contribution < 1.29 is 9.47 Å². The fourth-order valence-electron chi connectivity index (χ4n) is 2.51. The number of nitrogens with zero attached hydrogens (tertiary/aromatic N) is 4. The molecule has 0 N–H and O–H groups in total. The molecule has 2 aromatic carbocycles. The van der Waals surface area contributed by atoms with Gasteiger partial charge in [0.1, 0.15) is 16.5 Å². The lowest BCUT2D eigenvalue weighted by Gasteiger charge is -2.03. The summed E-state index contributed by atoms with van der Waals surface area (Å²) in [5, 5.41) is 14.1. The van der Waals surface area contributed by atoms with Gasteiger partial charge in [0.15, 0.2) is 5.82 Å². The number of benzene rings is 2. The van der Waals surface area contributed by atoms with Crippen molar-refractivity contribution in [2.45, 2.75) is 6.92 Å². The molecule has 0 aliphatic heterocycles. The predicted octanol–water partition coefficient (Wildman–Crippen LogP) is 3.93. The van der Waals surface area contributed by atoms with Gasteiger partial charge in [-0.3, -0.25) is 0 Å². The van der Waals surface area contributed by atoms with Crippen molar-refractivity contribution in [2.75, 3.05) is 13.7 Å². The lowest BCUT2D eigenvalue weighted by molar-refractivity contribution is 0.340. The van der Waals surface area contributed by atoms with E-state index in [0.717, 1.165) is 32.6 Å². The van der Waals surface area contributed by atoms with Gasteiger partial charge in [-0.05, 0) is 55.5 Å². The van der Waals surface area contributed by atoms with Gasteiger partial charge in [-0.1, -0.05) is 11.3 Å². The molecule has 4 aromatic rings. The number of methoxy groups -OCH3 is 1. The third kappa shape index (κ3) is 2.94. The standard InChI is InChI=1S/C18H16N4O2S/c1-3-24-15-10-4-12(5-11-15)16-19-20-18-22(16)21-17(25-18)13-6-8-14(23-2)9-7-13/h4-11H,3H2,1-2H3. The molecule has 2 aromatic heterocycles. The summed E-state index contributed by atoms with van der Waals surface area (Å²) in [4.78, 5) is 0.759. The smallest absolute Gasteiger partial charge is 0.235 e. The highest BCUT2D eigenvalue weighted by Gasteiger charge is 2.14. The monoisotopic (exact) mass is 352 g/mol. The highest BCUT2D eigenvalue weighted by Crippen LogP contribution is 2.29. The minimum Gasteiger partial charge on any atom is -0.497 e. The quantitative estimate of drug-likeness (QED) is 0.545. The van der Waals surface area contributed by atoms with Gasteiger partial charge >= 0.3 is 0 Å². The molecule has 0 saturated heterocycles. The molecular weight excluding hydrogens is 336 g/mol. The first-order valence-electron chi connectivity index (χ1n) is 7.88. The summed E-state index contributed by atoms with van der Waals surface area (Å²) < 4.78 is 12.5. The lowest BCUT2D eigenvalue weighted by atomic mass is 10.2. The molecule has 0 spiro atoms. The van der Waals surface area contributed by atoms with Crippen LogP contribution >= 0.6 is 11.3 Å². The number of hydrogen-bond acceptors (Lipinski definition) is 6. The largest absolute Gasteiger partial charge is 0.497 e. The van der Waals surface area contributed by atoms with E-state index in [-0.39, 0.29) is 0 Å². The van der Waals surface area contributed by atoms with Crippen molar-refractivity contribution in [3.8, 4) is 33.5 Å². The van der Waals surface area contributed by atoms with Gasteiger partial charge in [0.05, 0.1) is 13.7 Å². The van der Waals surface area contributed by atoms with Crippen LogP contribution in [0.15, 0.2) is 48.5 Å². The average molecular weight is 352 g/mol. The Morgan fingerprint density at radius 1 is 0.920 bits per heavy atom. The Hall–Kier alpha value is -2.93. The Morgan fingerprint density at radius 3 is 2.28 bits per heavy atom. The van der Waals surface area contributed by atoms with Gasteiger partial charge in [0, 0.05) is 11.1 Å². The minimum atomic E-state index is 0.645. The molecule has 0 unspecified atom stereocenters. The molecular formula is C18H16N4O2S. The summed E-state index contributed by atoms with van der Waals surface area (Å²) in [6.45, 7) is 2.61. The normalized spacial score (nSPS) is 11.0. The van der Waals surface area contributed by atoms with E-state index in [2.05, 4.69) is 15.3 Å². The summed E-state index contributed by atoms with van der Waals surface area (Å²) in [7, 11) is 1.65. The van der Waals surface area contributed by atoms with E-state index in [1.807, 2.05) is 55.5 Å². The zero-order valence-corrected chi connectivity index (χ0v) is 14.7. The van der Waals surface area contributed by atoms with Crippen LogP contribution in [0.1, 0.15) is 6.92 Å². The first-order chi connectivity index (χ1) is 12.3. The zero-order valence-electron chi connectivity index (χ0n) is 13.8. The molecule has 6 nitrogen and oxygen atoms in total. The van der Waals surface area contributed by atoms with Crippen LogP contribution in [0.3, 0.4) is 0 Å². The van der Waals surface area contributed by atoms with Crippen molar-refractivity contribution in [3.63, 3.8) is 0 Å². The van der Waals surface area contributed by atoms with Gasteiger partial charge in [0.2, 0.25) is 4.96 Å². The summed E-state index contributed by atoms with van der Waals surface area (Å²) >= 11 is 1.50. The molecule has 0 atom stereocenters. The summed E-state index contributed by atoms with van der Waals surface area (Å²) in [5.41, 5.74) is 1.97. The van der Waals surface area contributed by atoms with Crippen molar-refractivity contribution >= 4 is 16.3 Å². The summed E-state index contributed by atoms with van der Waals surface area (Å²) in [6, 6.07) is 15.6. The van der Waals surface area contributed by atoms with E-state index in [9.17, 15) is 0 Å². The van der Waals surface area contributed by atoms with Gasteiger partial charge in [0.25, 0.3) is 0 Å². The molecule has 4 rings (SSSR count). The minimum absolute atomic E-state index is 0.645. The van der Waals surface area contributed by atoms with Gasteiger partial charge in [-0.25, -0.2) is 0 Å². The number of aromatic nitrogens is 4. The molecule has 0 amide bonds. The van der Waals surface area contributed by atoms with Gasteiger partial charge in [-0.2, -0.15) is 9.61 Å². The Morgan fingerprint density at radius 2 is 1.60 bits per heavy atom. The van der Waals surface area contributed by atoms with Crippen molar-refractivity contribution in [1.29, 1.82) is 0 Å². The van der Waals surface area contributed by atoms with E-state index < -0.39 is 0 Å². The van der Waals surface area contributed by atoms with Crippen LogP contribution in [0.2, 0.25) is 0 Å². The second-order valence-corrected chi connectivity index (χ2v) is 6.27. The Labute approximate surface area is 148 Å². The van der Waals surface area contributed by atoms with E-state index in [0.29, 0.717) is 12.4 Å². The molecule has 2 heterocycles.